The maximum absolute atomic E-state index is 10.4. The summed E-state index contributed by atoms with van der Waals surface area (Å²) in [6.45, 7) is 22.4. The van der Waals surface area contributed by atoms with Crippen LogP contribution in [0, 0.1) is 98.8 Å². The molecule has 112 heavy (non-hydrogen) atoms. The second-order valence-corrected chi connectivity index (χ2v) is 29.8. The topological polar surface area (TPSA) is 246 Å². The first-order valence-electron chi connectivity index (χ1n) is 36.1. The van der Waals surface area contributed by atoms with Crippen molar-refractivity contribution in [2.45, 2.75) is 76.2 Å². The van der Waals surface area contributed by atoms with Gasteiger partial charge in [0.2, 0.25) is 10.3 Å². The lowest BCUT2D eigenvalue weighted by Gasteiger charge is -2.16. The fourth-order valence-corrected chi connectivity index (χ4v) is 14.4. The summed E-state index contributed by atoms with van der Waals surface area (Å²) in [5, 5.41) is 78.8. The summed E-state index contributed by atoms with van der Waals surface area (Å²) in [6, 6.07) is 81.2. The molecule has 18 nitrogen and oxygen atoms in total. The van der Waals surface area contributed by atoms with Crippen LogP contribution in [0.1, 0.15) is 72.3 Å². The second kappa shape index (κ2) is 33.5. The number of rotatable bonds is 19. The summed E-state index contributed by atoms with van der Waals surface area (Å²) in [5.41, 5.74) is 23.1. The van der Waals surface area contributed by atoms with Gasteiger partial charge < -0.3 is 21.3 Å². The van der Waals surface area contributed by atoms with E-state index >= 15 is 0 Å². The number of halogens is 1. The number of aromatic nitrogens is 4. The van der Waals surface area contributed by atoms with Gasteiger partial charge in [0.05, 0.1) is 22.5 Å². The van der Waals surface area contributed by atoms with E-state index in [2.05, 4.69) is 160 Å². The zero-order valence-electron chi connectivity index (χ0n) is 63.4. The average Bonchev–Trinajstić information content (AvgIpc) is 1.68. The summed E-state index contributed by atoms with van der Waals surface area (Å²) in [7, 11) is 0. The first-order valence-corrected chi connectivity index (χ1v) is 38.1. The number of hydrogen-bond acceptors (Lipinski definition) is 20. The number of fused-ring (bicyclic) bond motifs is 2. The fraction of sp³-hybridized carbons (Fsp3) is 0.121. The summed E-state index contributed by atoms with van der Waals surface area (Å²) < 4.78 is 0. The van der Waals surface area contributed by atoms with E-state index < -0.39 is 0 Å². The van der Waals surface area contributed by atoms with Crippen molar-refractivity contribution in [2.75, 3.05) is 21.3 Å². The molecule has 4 N–H and O–H groups in total. The third-order valence-electron chi connectivity index (χ3n) is 18.8. The van der Waals surface area contributed by atoms with Crippen molar-refractivity contribution in [2.24, 2.45) is 40.9 Å². The smallest absolute Gasteiger partial charge is 0.232 e. The molecule has 21 heteroatoms. The Bertz CT molecular complexity index is 6260. The van der Waals surface area contributed by atoms with Crippen LogP contribution in [0.2, 0.25) is 5.02 Å². The molecule has 15 rings (SSSR count). The minimum Gasteiger partial charge on any atom is -0.339 e. The number of hydrogen-bond donors (Lipinski definition) is 4. The molecule has 0 bridgehead atoms. The molecule has 548 valence electrons. The Hall–Kier alpha value is -13.6. The lowest BCUT2D eigenvalue weighted by atomic mass is 9.98. The molecule has 0 amide bonds. The number of thiazole rings is 2. The molecule has 0 atom stereocenters. The average molecular weight is 1520 g/mol. The van der Waals surface area contributed by atoms with Crippen LogP contribution in [0.4, 0.5) is 89.0 Å². The van der Waals surface area contributed by atoms with Crippen molar-refractivity contribution in [3.63, 3.8) is 0 Å². The van der Waals surface area contributed by atoms with Crippen LogP contribution in [0.3, 0.4) is 0 Å². The molecule has 0 saturated heterocycles. The number of nitrogens with one attached hydrogen (secondary N) is 4. The molecule has 11 aromatic carbocycles. The highest BCUT2D eigenvalue weighted by Gasteiger charge is 2.23. The lowest BCUT2D eigenvalue weighted by molar-refractivity contribution is 1.15. The standard InChI is InChI=1S/C49H41N9S.C42H34ClN9S/c1-29-12-20-38(21-13-29)51-46-43(28-50)34(6)44(47(54-46)52-39-22-14-30(2)15-23-39)56-58-49-53-45(37-18-16-36(17-19-37)35-10-8-7-9-11-35)48(59-49)57-55-40-26-33(5)41-25-31(3)24-32(4)42(41)27-40;1-24-6-14-32(15-7-24)45-39-36(23-44)28(5)37(40(48-39)46-33-16-8-25(2)9-17-33)50-52-42-47-38(29-10-12-31(43)13-11-29)41(53-42)51-49-34-18-19-35-27(4)20-26(3)21-30(35)22-34/h7-27H,1-6H3,(H2,51,52,54);6-22H,1-5H3,(H2,45,46,48). The van der Waals surface area contributed by atoms with Crippen LogP contribution in [0.25, 0.3) is 55.2 Å². The Morgan fingerprint density at radius 2 is 0.714 bits per heavy atom. The number of nitriles is 2. The number of benzene rings is 11. The van der Waals surface area contributed by atoms with E-state index in [1.54, 1.807) is 12.1 Å². The Balaban J connectivity index is 0.000000187. The maximum Gasteiger partial charge on any atom is 0.232 e. The number of nitrogens with zero attached hydrogens (tertiary/aromatic N) is 14. The third-order valence-corrected chi connectivity index (χ3v) is 20.7. The summed E-state index contributed by atoms with van der Waals surface area (Å²) in [5.74, 6) is 1.69. The summed E-state index contributed by atoms with van der Waals surface area (Å²) in [6.07, 6.45) is 0. The Morgan fingerprint density at radius 1 is 0.321 bits per heavy atom. The number of pyridine rings is 2. The molecule has 4 heterocycles. The molecule has 15 aromatic rings. The highest BCUT2D eigenvalue weighted by Crippen LogP contribution is 2.46. The first-order chi connectivity index (χ1) is 54.2. The van der Waals surface area contributed by atoms with Gasteiger partial charge in [-0.3, -0.25) is 0 Å². The zero-order valence-corrected chi connectivity index (χ0v) is 65.8. The van der Waals surface area contributed by atoms with Crippen LogP contribution in [0.5, 0.6) is 0 Å². The predicted octanol–water partition coefficient (Wildman–Crippen LogP) is 28.8. The van der Waals surface area contributed by atoms with Crippen molar-refractivity contribution in [3.05, 3.63) is 308 Å². The van der Waals surface area contributed by atoms with Crippen molar-refractivity contribution < 1.29 is 0 Å². The van der Waals surface area contributed by atoms with Crippen LogP contribution >= 0.6 is 34.3 Å². The zero-order chi connectivity index (χ0) is 78.1. The van der Waals surface area contributed by atoms with Gasteiger partial charge in [-0.25, -0.2) is 19.9 Å². The van der Waals surface area contributed by atoms with E-state index in [9.17, 15) is 10.5 Å². The van der Waals surface area contributed by atoms with Crippen LogP contribution in [-0.4, -0.2) is 19.9 Å². The van der Waals surface area contributed by atoms with Gasteiger partial charge in [-0.15, -0.1) is 40.9 Å². The first kappa shape index (κ1) is 75.2. The molecule has 4 aromatic heterocycles. The molecule has 0 aliphatic heterocycles. The van der Waals surface area contributed by atoms with Gasteiger partial charge in [0.1, 0.15) is 34.9 Å². The second-order valence-electron chi connectivity index (χ2n) is 27.5. The normalized spacial score (nSPS) is 11.4. The molecule has 0 fully saturated rings. The Kier molecular flexibility index (Phi) is 22.5. The monoisotopic (exact) mass is 1520 g/mol. The van der Waals surface area contributed by atoms with Crippen molar-refractivity contribution in [3.8, 4) is 45.8 Å². The Labute approximate surface area is 662 Å². The summed E-state index contributed by atoms with van der Waals surface area (Å²) >= 11 is 8.77. The van der Waals surface area contributed by atoms with Gasteiger partial charge in [-0.2, -0.15) is 10.5 Å². The molecule has 0 aliphatic rings. The predicted molar refractivity (Wildman–Crippen MR) is 459 cm³/mol. The molecule has 0 aliphatic carbocycles. The third kappa shape index (κ3) is 17.6. The van der Waals surface area contributed by atoms with Gasteiger partial charge in [-0.05, 0) is 210 Å². The lowest BCUT2D eigenvalue weighted by Crippen LogP contribution is -2.04. The van der Waals surface area contributed by atoms with E-state index in [4.69, 9.17) is 46.9 Å². The fourth-order valence-electron chi connectivity index (χ4n) is 12.8. The summed E-state index contributed by atoms with van der Waals surface area (Å²) in [4.78, 5) is 19.6. The van der Waals surface area contributed by atoms with Crippen molar-refractivity contribution >= 4 is 145 Å². The van der Waals surface area contributed by atoms with E-state index in [0.29, 0.717) is 93.6 Å². The largest absolute Gasteiger partial charge is 0.339 e. The molecule has 0 saturated carbocycles. The van der Waals surface area contributed by atoms with E-state index in [1.165, 1.54) is 55.7 Å². The van der Waals surface area contributed by atoms with Crippen molar-refractivity contribution in [1.82, 2.24) is 19.9 Å². The van der Waals surface area contributed by atoms with Gasteiger partial charge in [0.15, 0.2) is 33.3 Å². The maximum atomic E-state index is 10.4. The van der Waals surface area contributed by atoms with Gasteiger partial charge in [0, 0.05) is 50.0 Å². The van der Waals surface area contributed by atoms with Crippen LogP contribution < -0.4 is 21.3 Å². The van der Waals surface area contributed by atoms with Gasteiger partial charge >= 0.3 is 0 Å². The quantitative estimate of drug-likeness (QED) is 0.0558. The molecule has 0 unspecified atom stereocenters. The minimum atomic E-state index is 0.352. The van der Waals surface area contributed by atoms with Crippen LogP contribution in [0.15, 0.2) is 271 Å². The number of aryl methyl sites for hydroxylation is 9. The highest BCUT2D eigenvalue weighted by atomic mass is 35.5. The Morgan fingerprint density at radius 3 is 1.18 bits per heavy atom. The minimum absolute atomic E-state index is 0.352. The van der Waals surface area contributed by atoms with Crippen molar-refractivity contribution in [1.29, 1.82) is 10.5 Å². The SMILES string of the molecule is Cc1ccc(Nc2nc(Nc3ccc(C)cc3)c(N=Nc3nc(-c4ccc(-c5ccccc5)cc4)c(N=Nc4cc(C)c5cc(C)cc(C)c5c4)s3)c(C)c2C#N)cc1.Cc1ccc(Nc2nc(Nc3ccc(C)cc3)c(N=Nc3nc(-c4ccc(Cl)cc4)c(N=Nc4ccc5c(C)cc(C)cc5c4)s3)c(C)c2C#N)cc1. The molecule has 0 radical (unpaired) electrons. The van der Waals surface area contributed by atoms with E-state index in [0.717, 1.165) is 95.0 Å². The number of anilines is 8. The molecular weight excluding hydrogens is 1440 g/mol. The molecule has 0 spiro atoms. The van der Waals surface area contributed by atoms with E-state index in [-0.39, 0.29) is 0 Å². The van der Waals surface area contributed by atoms with Gasteiger partial charge in [0.25, 0.3) is 0 Å². The van der Waals surface area contributed by atoms with Gasteiger partial charge in [-0.1, -0.05) is 213 Å². The highest BCUT2D eigenvalue weighted by molar-refractivity contribution is 7.19. The molecular formula is C91H75ClN18S2. The van der Waals surface area contributed by atoms with E-state index in [1.807, 2.05) is 193 Å². The number of azo groups is 4. The van der Waals surface area contributed by atoms with Crippen LogP contribution in [-0.2, 0) is 0 Å².